The molecule has 2 rings (SSSR count). The van der Waals surface area contributed by atoms with Gasteiger partial charge in [-0.15, -0.1) is 0 Å². The number of rotatable bonds is 5. The molecule has 21 heavy (non-hydrogen) atoms. The van der Waals surface area contributed by atoms with Gasteiger partial charge < -0.3 is 0 Å². The van der Waals surface area contributed by atoms with Gasteiger partial charge in [-0.2, -0.15) is 0 Å². The maximum absolute atomic E-state index is 12.3. The first kappa shape index (κ1) is 16.0. The molecule has 0 saturated heterocycles. The average molecular weight is 412 g/mol. The molecule has 0 aliphatic carbocycles. The van der Waals surface area contributed by atoms with Crippen molar-refractivity contribution in [3.63, 3.8) is 0 Å². The third kappa shape index (κ3) is 4.28. The van der Waals surface area contributed by atoms with Crippen LogP contribution in [-0.4, -0.2) is 21.5 Å². The summed E-state index contributed by atoms with van der Waals surface area (Å²) < 4.78 is 1.20. The van der Waals surface area contributed by atoms with Crippen LogP contribution in [0.5, 0.6) is 0 Å². The SMILES string of the molecule is CC(CC(=O)c1cccc(Br)n1)C(=O)c1cccc(Br)n1. The summed E-state index contributed by atoms with van der Waals surface area (Å²) in [6.07, 6.45) is 0.108. The van der Waals surface area contributed by atoms with Crippen LogP contribution in [-0.2, 0) is 0 Å². The Labute approximate surface area is 139 Å². The molecule has 0 saturated carbocycles. The second-order valence-corrected chi connectivity index (χ2v) is 6.21. The highest BCUT2D eigenvalue weighted by molar-refractivity contribution is 9.10. The van der Waals surface area contributed by atoms with E-state index < -0.39 is 5.92 Å². The van der Waals surface area contributed by atoms with Gasteiger partial charge in [0, 0.05) is 12.3 Å². The van der Waals surface area contributed by atoms with Crippen LogP contribution in [0.15, 0.2) is 45.6 Å². The Morgan fingerprint density at radius 1 is 1.00 bits per heavy atom. The molecule has 0 aliphatic rings. The Hall–Kier alpha value is -1.40. The number of aromatic nitrogens is 2. The normalized spacial score (nSPS) is 12.0. The average Bonchev–Trinajstić information content (AvgIpc) is 2.46. The number of nitrogens with zero attached hydrogens (tertiary/aromatic N) is 2. The molecular formula is C15H12Br2N2O2. The molecule has 0 N–H and O–H groups in total. The molecule has 6 heteroatoms. The summed E-state index contributed by atoms with van der Waals surface area (Å²) in [5.41, 5.74) is 0.707. The fourth-order valence-electron chi connectivity index (χ4n) is 1.84. The van der Waals surface area contributed by atoms with Gasteiger partial charge in [0.2, 0.25) is 0 Å². The van der Waals surface area contributed by atoms with Gasteiger partial charge in [-0.05, 0) is 56.1 Å². The number of ketones is 2. The molecule has 0 aliphatic heterocycles. The van der Waals surface area contributed by atoms with Crippen molar-refractivity contribution in [1.29, 1.82) is 0 Å². The summed E-state index contributed by atoms with van der Waals surface area (Å²) in [6, 6.07) is 10.3. The number of carbonyl (C=O) groups excluding carboxylic acids is 2. The number of carbonyl (C=O) groups is 2. The minimum atomic E-state index is -0.444. The molecule has 2 heterocycles. The zero-order chi connectivity index (χ0) is 15.4. The van der Waals surface area contributed by atoms with Crippen LogP contribution in [0.25, 0.3) is 0 Å². The third-order valence-electron chi connectivity index (χ3n) is 2.91. The fourth-order valence-corrected chi connectivity index (χ4v) is 2.52. The van der Waals surface area contributed by atoms with E-state index in [-0.39, 0.29) is 18.0 Å². The summed E-state index contributed by atoms with van der Waals surface area (Å²) >= 11 is 6.45. The van der Waals surface area contributed by atoms with E-state index in [1.165, 1.54) is 0 Å². The van der Waals surface area contributed by atoms with Gasteiger partial charge in [0.05, 0.1) is 0 Å². The predicted molar refractivity (Wildman–Crippen MR) is 86.3 cm³/mol. The van der Waals surface area contributed by atoms with Crippen LogP contribution in [0.2, 0.25) is 0 Å². The fraction of sp³-hybridized carbons (Fsp3) is 0.200. The number of hydrogen-bond acceptors (Lipinski definition) is 4. The zero-order valence-corrected chi connectivity index (χ0v) is 14.4. The Morgan fingerprint density at radius 3 is 2.10 bits per heavy atom. The van der Waals surface area contributed by atoms with E-state index in [2.05, 4.69) is 41.8 Å². The van der Waals surface area contributed by atoms with Crippen LogP contribution in [0.3, 0.4) is 0 Å². The lowest BCUT2D eigenvalue weighted by molar-refractivity contribution is 0.0857. The quantitative estimate of drug-likeness (QED) is 0.549. The summed E-state index contributed by atoms with van der Waals surface area (Å²) in [6.45, 7) is 1.72. The largest absolute Gasteiger partial charge is 0.292 e. The molecule has 108 valence electrons. The summed E-state index contributed by atoms with van der Waals surface area (Å²) in [5.74, 6) is -0.758. The van der Waals surface area contributed by atoms with Gasteiger partial charge in [0.25, 0.3) is 0 Å². The Balaban J connectivity index is 2.09. The van der Waals surface area contributed by atoms with Gasteiger partial charge in [-0.1, -0.05) is 19.1 Å². The maximum atomic E-state index is 12.3. The first-order valence-electron chi connectivity index (χ1n) is 6.30. The second-order valence-electron chi connectivity index (χ2n) is 4.58. The highest BCUT2D eigenvalue weighted by Gasteiger charge is 2.21. The van der Waals surface area contributed by atoms with E-state index in [1.54, 1.807) is 43.3 Å². The number of hydrogen-bond donors (Lipinski definition) is 0. The van der Waals surface area contributed by atoms with Gasteiger partial charge >= 0.3 is 0 Å². The molecule has 4 nitrogen and oxygen atoms in total. The van der Waals surface area contributed by atoms with Crippen LogP contribution in [0, 0.1) is 5.92 Å². The van der Waals surface area contributed by atoms with E-state index in [1.807, 2.05) is 0 Å². The van der Waals surface area contributed by atoms with Crippen LogP contribution in [0.4, 0.5) is 0 Å². The van der Waals surface area contributed by atoms with E-state index >= 15 is 0 Å². The molecule has 1 unspecified atom stereocenters. The molecule has 0 bridgehead atoms. The van der Waals surface area contributed by atoms with Crippen molar-refractivity contribution in [2.75, 3.05) is 0 Å². The molecule has 0 spiro atoms. The first-order chi connectivity index (χ1) is 9.97. The minimum Gasteiger partial charge on any atom is -0.292 e. The third-order valence-corrected chi connectivity index (χ3v) is 3.79. The smallest absolute Gasteiger partial charge is 0.184 e. The van der Waals surface area contributed by atoms with Crippen molar-refractivity contribution in [2.24, 2.45) is 5.92 Å². The summed E-state index contributed by atoms with van der Waals surface area (Å²) in [4.78, 5) is 32.6. The highest BCUT2D eigenvalue weighted by atomic mass is 79.9. The highest BCUT2D eigenvalue weighted by Crippen LogP contribution is 2.16. The summed E-state index contributed by atoms with van der Waals surface area (Å²) in [7, 11) is 0. The Kier molecular flexibility index (Phi) is 5.36. The van der Waals surface area contributed by atoms with Crippen LogP contribution >= 0.6 is 31.9 Å². The lowest BCUT2D eigenvalue weighted by Crippen LogP contribution is -2.17. The van der Waals surface area contributed by atoms with Gasteiger partial charge in [0.1, 0.15) is 20.6 Å². The van der Waals surface area contributed by atoms with Crippen molar-refractivity contribution >= 4 is 43.4 Å². The number of Topliss-reactive ketones (excluding diaryl/α,β-unsaturated/α-hetero) is 2. The van der Waals surface area contributed by atoms with Gasteiger partial charge in [-0.25, -0.2) is 9.97 Å². The second kappa shape index (κ2) is 7.04. The topological polar surface area (TPSA) is 59.9 Å². The number of halogens is 2. The van der Waals surface area contributed by atoms with Crippen molar-refractivity contribution in [1.82, 2.24) is 9.97 Å². The lowest BCUT2D eigenvalue weighted by Gasteiger charge is -2.09. The molecule has 2 aromatic rings. The van der Waals surface area contributed by atoms with Crippen molar-refractivity contribution in [3.8, 4) is 0 Å². The molecular weight excluding hydrogens is 400 g/mol. The maximum Gasteiger partial charge on any atom is 0.184 e. The molecule has 2 aromatic heterocycles. The molecule has 1 atom stereocenters. The van der Waals surface area contributed by atoms with Crippen molar-refractivity contribution < 1.29 is 9.59 Å². The van der Waals surface area contributed by atoms with Gasteiger partial charge in [-0.3, -0.25) is 9.59 Å². The van der Waals surface area contributed by atoms with E-state index in [9.17, 15) is 9.59 Å². The van der Waals surface area contributed by atoms with Crippen LogP contribution in [0.1, 0.15) is 34.3 Å². The van der Waals surface area contributed by atoms with E-state index in [0.29, 0.717) is 20.6 Å². The molecule has 0 aromatic carbocycles. The Bertz CT molecular complexity index is 689. The number of pyridine rings is 2. The molecule has 0 radical (unpaired) electrons. The van der Waals surface area contributed by atoms with Gasteiger partial charge in [0.15, 0.2) is 11.6 Å². The van der Waals surface area contributed by atoms with Crippen molar-refractivity contribution in [2.45, 2.75) is 13.3 Å². The molecule has 0 fully saturated rings. The monoisotopic (exact) mass is 410 g/mol. The Morgan fingerprint density at radius 2 is 1.52 bits per heavy atom. The first-order valence-corrected chi connectivity index (χ1v) is 7.88. The predicted octanol–water partition coefficient (Wildman–Crippen LogP) is 4.09. The van der Waals surface area contributed by atoms with E-state index in [0.717, 1.165) is 0 Å². The van der Waals surface area contributed by atoms with Crippen molar-refractivity contribution in [3.05, 3.63) is 57.0 Å². The zero-order valence-electron chi connectivity index (χ0n) is 11.2. The van der Waals surface area contributed by atoms with E-state index in [4.69, 9.17) is 0 Å². The standard InChI is InChI=1S/C15H12Br2N2O2/c1-9(15(21)11-5-3-7-14(17)19-11)8-12(20)10-4-2-6-13(16)18-10/h2-7,9H,8H2,1H3. The molecule has 0 amide bonds. The van der Waals surface area contributed by atoms with Crippen LogP contribution < -0.4 is 0 Å². The lowest BCUT2D eigenvalue weighted by atomic mass is 9.96. The summed E-state index contributed by atoms with van der Waals surface area (Å²) in [5, 5.41) is 0. The minimum absolute atomic E-state index is 0.108.